The van der Waals surface area contributed by atoms with E-state index in [1.165, 1.54) is 0 Å². The summed E-state index contributed by atoms with van der Waals surface area (Å²) < 4.78 is 27.1. The third-order valence-corrected chi connectivity index (χ3v) is 3.21. The molecule has 0 unspecified atom stereocenters. The summed E-state index contributed by atoms with van der Waals surface area (Å²) in [5, 5.41) is 4.80. The summed E-state index contributed by atoms with van der Waals surface area (Å²) in [6.45, 7) is 1.91. The molecule has 6 heteroatoms. The fourth-order valence-electron chi connectivity index (χ4n) is 1.59. The smallest absolute Gasteiger partial charge is 0.307 e. The molecule has 104 valence electrons. The lowest BCUT2D eigenvalue weighted by atomic mass is 10.2. The highest BCUT2D eigenvalue weighted by Gasteiger charge is 2.09. The maximum atomic E-state index is 13.4. The van der Waals surface area contributed by atoms with Crippen molar-refractivity contribution in [3.05, 3.63) is 58.1 Å². The van der Waals surface area contributed by atoms with Crippen molar-refractivity contribution in [2.45, 2.75) is 6.92 Å². The van der Waals surface area contributed by atoms with Crippen molar-refractivity contribution < 1.29 is 13.6 Å². The number of benzene rings is 2. The van der Waals surface area contributed by atoms with Gasteiger partial charge in [0.25, 0.3) is 0 Å². The van der Waals surface area contributed by atoms with Gasteiger partial charge in [-0.15, -0.1) is 0 Å². The normalized spacial score (nSPS) is 10.2. The van der Waals surface area contributed by atoms with E-state index in [9.17, 15) is 13.6 Å². The topological polar surface area (TPSA) is 41.1 Å². The van der Waals surface area contributed by atoms with E-state index in [-0.39, 0.29) is 5.69 Å². The molecule has 0 atom stereocenters. The van der Waals surface area contributed by atoms with Gasteiger partial charge in [0.1, 0.15) is 11.6 Å². The average molecular weight is 341 g/mol. The average Bonchev–Trinajstić information content (AvgIpc) is 2.37. The van der Waals surface area contributed by atoms with E-state index >= 15 is 0 Å². The number of anilines is 2. The highest BCUT2D eigenvalue weighted by atomic mass is 79.9. The lowest BCUT2D eigenvalue weighted by Crippen LogP contribution is -2.20. The van der Waals surface area contributed by atoms with Gasteiger partial charge in [-0.1, -0.05) is 6.07 Å². The monoisotopic (exact) mass is 340 g/mol. The van der Waals surface area contributed by atoms with Crippen LogP contribution in [0, 0.1) is 18.6 Å². The minimum atomic E-state index is -0.704. The Morgan fingerprint density at radius 1 is 1.05 bits per heavy atom. The predicted molar refractivity (Wildman–Crippen MR) is 77.9 cm³/mol. The van der Waals surface area contributed by atoms with Crippen LogP contribution in [0.15, 0.2) is 40.9 Å². The number of nitrogens with one attached hydrogen (secondary N) is 2. The molecule has 0 aliphatic rings. The Hall–Kier alpha value is -1.95. The third kappa shape index (κ3) is 3.54. The van der Waals surface area contributed by atoms with Crippen LogP contribution in [-0.2, 0) is 0 Å². The lowest BCUT2D eigenvalue weighted by molar-refractivity contribution is 0.262. The molecule has 2 aromatic rings. The second kappa shape index (κ2) is 6.00. The maximum Gasteiger partial charge on any atom is 0.323 e. The van der Waals surface area contributed by atoms with E-state index in [1.807, 2.05) is 19.1 Å². The molecule has 2 amide bonds. The molecule has 0 spiro atoms. The first-order valence-electron chi connectivity index (χ1n) is 5.75. The van der Waals surface area contributed by atoms with Gasteiger partial charge in [0.15, 0.2) is 0 Å². The second-order valence-electron chi connectivity index (χ2n) is 4.19. The number of halogens is 3. The van der Waals surface area contributed by atoms with Crippen LogP contribution >= 0.6 is 15.9 Å². The minimum absolute atomic E-state index is 0.217. The molecule has 0 bridgehead atoms. The van der Waals surface area contributed by atoms with Gasteiger partial charge < -0.3 is 10.6 Å². The molecule has 0 heterocycles. The SMILES string of the molecule is Cc1ccc(NC(=O)Nc2cc(F)ccc2F)c(Br)c1. The Labute approximate surface area is 123 Å². The molecule has 2 N–H and O–H groups in total. The first kappa shape index (κ1) is 14.5. The summed E-state index contributed by atoms with van der Waals surface area (Å²) in [4.78, 5) is 11.8. The van der Waals surface area contributed by atoms with E-state index in [0.29, 0.717) is 10.2 Å². The second-order valence-corrected chi connectivity index (χ2v) is 5.04. The third-order valence-electron chi connectivity index (χ3n) is 2.55. The molecule has 2 rings (SSSR count). The van der Waals surface area contributed by atoms with Crippen molar-refractivity contribution in [2.75, 3.05) is 10.6 Å². The molecule has 2 aromatic carbocycles. The summed E-state index contributed by atoms with van der Waals surface area (Å²) in [6, 6.07) is 7.56. The molecule has 0 saturated carbocycles. The van der Waals surface area contributed by atoms with Crippen LogP contribution in [0.5, 0.6) is 0 Å². The van der Waals surface area contributed by atoms with Crippen molar-refractivity contribution in [3.8, 4) is 0 Å². The zero-order valence-electron chi connectivity index (χ0n) is 10.5. The van der Waals surface area contributed by atoms with Crippen LogP contribution in [0.3, 0.4) is 0 Å². The van der Waals surface area contributed by atoms with Crippen molar-refractivity contribution in [1.82, 2.24) is 0 Å². The zero-order valence-corrected chi connectivity index (χ0v) is 12.1. The van der Waals surface area contributed by atoms with Crippen molar-refractivity contribution in [3.63, 3.8) is 0 Å². The van der Waals surface area contributed by atoms with Gasteiger partial charge in [0.05, 0.1) is 11.4 Å². The molecule has 0 fully saturated rings. The van der Waals surface area contributed by atoms with Gasteiger partial charge in [-0.25, -0.2) is 13.6 Å². The Balaban J connectivity index is 2.11. The van der Waals surface area contributed by atoms with Crippen molar-refractivity contribution in [1.29, 1.82) is 0 Å². The van der Waals surface area contributed by atoms with E-state index in [2.05, 4.69) is 26.6 Å². The van der Waals surface area contributed by atoms with Gasteiger partial charge in [0, 0.05) is 10.5 Å². The molecule has 3 nitrogen and oxygen atoms in total. The molecular weight excluding hydrogens is 330 g/mol. The van der Waals surface area contributed by atoms with Crippen LogP contribution in [0.2, 0.25) is 0 Å². The number of carbonyl (C=O) groups excluding carboxylic acids is 1. The maximum absolute atomic E-state index is 13.4. The van der Waals surface area contributed by atoms with E-state index in [4.69, 9.17) is 0 Å². The summed E-state index contributed by atoms with van der Waals surface area (Å²) in [5.41, 5.74) is 1.34. The summed E-state index contributed by atoms with van der Waals surface area (Å²) >= 11 is 3.31. The standard InChI is InChI=1S/C14H11BrF2N2O/c1-8-2-5-12(10(15)6-8)18-14(20)19-13-7-9(16)3-4-11(13)17/h2-7H,1H3,(H2,18,19,20). The molecule has 0 aliphatic heterocycles. The lowest BCUT2D eigenvalue weighted by Gasteiger charge is -2.10. The number of carbonyl (C=O) groups is 1. The van der Waals surface area contributed by atoms with E-state index in [0.717, 1.165) is 23.8 Å². The largest absolute Gasteiger partial charge is 0.323 e. The van der Waals surface area contributed by atoms with Crippen LogP contribution in [0.4, 0.5) is 25.0 Å². The van der Waals surface area contributed by atoms with Crippen LogP contribution in [0.25, 0.3) is 0 Å². The van der Waals surface area contributed by atoms with Gasteiger partial charge in [0.2, 0.25) is 0 Å². The number of urea groups is 1. The number of amides is 2. The molecule has 20 heavy (non-hydrogen) atoms. The fourth-order valence-corrected chi connectivity index (χ4v) is 2.18. The molecule has 0 radical (unpaired) electrons. The molecule has 0 saturated heterocycles. The van der Waals surface area contributed by atoms with Crippen LogP contribution in [0.1, 0.15) is 5.56 Å². The number of hydrogen-bond donors (Lipinski definition) is 2. The quantitative estimate of drug-likeness (QED) is 0.818. The first-order chi connectivity index (χ1) is 9.45. The number of aryl methyl sites for hydroxylation is 1. The van der Waals surface area contributed by atoms with E-state index < -0.39 is 17.7 Å². The van der Waals surface area contributed by atoms with E-state index in [1.54, 1.807) is 6.07 Å². The molecular formula is C14H11BrF2N2O. The Kier molecular flexibility index (Phi) is 4.34. The molecule has 0 aliphatic carbocycles. The van der Waals surface area contributed by atoms with Gasteiger partial charge in [-0.2, -0.15) is 0 Å². The molecule has 0 aromatic heterocycles. The van der Waals surface area contributed by atoms with Crippen LogP contribution < -0.4 is 10.6 Å². The minimum Gasteiger partial charge on any atom is -0.307 e. The van der Waals surface area contributed by atoms with Crippen molar-refractivity contribution in [2.24, 2.45) is 0 Å². The predicted octanol–water partition coefficient (Wildman–Crippen LogP) is 4.68. The van der Waals surface area contributed by atoms with Crippen LogP contribution in [-0.4, -0.2) is 6.03 Å². The van der Waals surface area contributed by atoms with Gasteiger partial charge in [-0.05, 0) is 52.7 Å². The Morgan fingerprint density at radius 3 is 2.45 bits per heavy atom. The summed E-state index contributed by atoms with van der Waals surface area (Å²) in [5.74, 6) is -1.33. The fraction of sp³-hybridized carbons (Fsp3) is 0.0714. The van der Waals surface area contributed by atoms with Gasteiger partial charge >= 0.3 is 6.03 Å². The Bertz CT molecular complexity index is 662. The van der Waals surface area contributed by atoms with Crippen molar-refractivity contribution >= 4 is 33.3 Å². The van der Waals surface area contributed by atoms with Gasteiger partial charge in [-0.3, -0.25) is 0 Å². The first-order valence-corrected chi connectivity index (χ1v) is 6.54. The summed E-state index contributed by atoms with van der Waals surface area (Å²) in [7, 11) is 0. The highest BCUT2D eigenvalue weighted by molar-refractivity contribution is 9.10. The number of hydrogen-bond acceptors (Lipinski definition) is 1. The Morgan fingerprint density at radius 2 is 1.75 bits per heavy atom. The number of rotatable bonds is 2. The zero-order chi connectivity index (χ0) is 14.7. The summed E-state index contributed by atoms with van der Waals surface area (Å²) in [6.07, 6.45) is 0. The highest BCUT2D eigenvalue weighted by Crippen LogP contribution is 2.24.